The van der Waals surface area contributed by atoms with E-state index in [1.54, 1.807) is 24.7 Å². The van der Waals surface area contributed by atoms with Gasteiger partial charge in [0.1, 0.15) is 12.2 Å². The Hall–Kier alpha value is -2.51. The van der Waals surface area contributed by atoms with Crippen LogP contribution in [0.2, 0.25) is 0 Å². The van der Waals surface area contributed by atoms with Gasteiger partial charge in [0.25, 0.3) is 0 Å². The molecule has 2 aromatic rings. The van der Waals surface area contributed by atoms with Crippen molar-refractivity contribution in [3.63, 3.8) is 0 Å². The number of hydrogen-bond acceptors (Lipinski definition) is 5. The molecule has 8 heteroatoms. The van der Waals surface area contributed by atoms with Crippen molar-refractivity contribution < 1.29 is 9.90 Å². The highest BCUT2D eigenvalue weighted by Crippen LogP contribution is 2.11. The molecular formula is C13H17N5O3. The van der Waals surface area contributed by atoms with Crippen LogP contribution in [-0.2, 0) is 31.2 Å². The van der Waals surface area contributed by atoms with Gasteiger partial charge < -0.3 is 9.67 Å². The molecule has 0 aliphatic carbocycles. The summed E-state index contributed by atoms with van der Waals surface area (Å²) in [6.07, 6.45) is 1.97. The third kappa shape index (κ3) is 3.15. The van der Waals surface area contributed by atoms with Gasteiger partial charge in [-0.05, 0) is 13.8 Å². The van der Waals surface area contributed by atoms with Crippen molar-refractivity contribution in [1.82, 2.24) is 24.3 Å². The Bertz CT molecular complexity index is 732. The second kappa shape index (κ2) is 5.86. The highest BCUT2D eigenvalue weighted by Gasteiger charge is 2.14. The summed E-state index contributed by atoms with van der Waals surface area (Å²) in [6, 6.07) is 0. The van der Waals surface area contributed by atoms with E-state index in [1.165, 1.54) is 4.57 Å². The smallest absolute Gasteiger partial charge is 0.347 e. The molecule has 2 heterocycles. The van der Waals surface area contributed by atoms with Gasteiger partial charge in [0, 0.05) is 37.0 Å². The predicted octanol–water partition coefficient (Wildman–Crippen LogP) is -0.142. The Morgan fingerprint density at radius 1 is 1.38 bits per heavy atom. The van der Waals surface area contributed by atoms with E-state index < -0.39 is 5.97 Å². The minimum atomic E-state index is -0.943. The lowest BCUT2D eigenvalue weighted by Gasteiger charge is -2.14. The van der Waals surface area contributed by atoms with E-state index in [1.807, 2.05) is 7.05 Å². The number of aliphatic carboxylic acids is 1. The van der Waals surface area contributed by atoms with E-state index in [9.17, 15) is 9.59 Å². The van der Waals surface area contributed by atoms with Crippen LogP contribution in [-0.4, -0.2) is 35.4 Å². The number of hydrogen-bond donors (Lipinski definition) is 1. The number of aryl methyl sites for hydroxylation is 3. The van der Waals surface area contributed by atoms with Crippen LogP contribution >= 0.6 is 0 Å². The molecule has 0 aromatic carbocycles. The monoisotopic (exact) mass is 291 g/mol. The Kier molecular flexibility index (Phi) is 4.15. The molecule has 0 aliphatic rings. The maximum Gasteiger partial charge on any atom is 0.347 e. The van der Waals surface area contributed by atoms with E-state index in [0.29, 0.717) is 29.9 Å². The van der Waals surface area contributed by atoms with Crippen LogP contribution in [0.4, 0.5) is 0 Å². The van der Waals surface area contributed by atoms with Crippen LogP contribution < -0.4 is 5.69 Å². The first-order chi connectivity index (χ1) is 9.90. The van der Waals surface area contributed by atoms with Gasteiger partial charge >= 0.3 is 11.7 Å². The molecule has 2 rings (SSSR count). The van der Waals surface area contributed by atoms with Gasteiger partial charge in [0.05, 0.1) is 6.42 Å². The molecule has 112 valence electrons. The highest BCUT2D eigenvalue weighted by atomic mass is 16.4. The lowest BCUT2D eigenvalue weighted by atomic mass is 10.1. The molecular weight excluding hydrogens is 274 g/mol. The highest BCUT2D eigenvalue weighted by molar-refractivity contribution is 5.70. The molecule has 0 atom stereocenters. The number of nitrogens with zero attached hydrogens (tertiary/aromatic N) is 5. The van der Waals surface area contributed by atoms with Crippen molar-refractivity contribution in [2.45, 2.75) is 33.2 Å². The maximum atomic E-state index is 12.0. The Morgan fingerprint density at radius 3 is 2.67 bits per heavy atom. The number of carboxylic acids is 1. The number of aromatic nitrogens is 5. The van der Waals surface area contributed by atoms with Gasteiger partial charge in [-0.3, -0.25) is 9.36 Å². The lowest BCUT2D eigenvalue weighted by molar-refractivity contribution is -0.136. The average molecular weight is 291 g/mol. The van der Waals surface area contributed by atoms with Crippen molar-refractivity contribution in [1.29, 1.82) is 0 Å². The van der Waals surface area contributed by atoms with Crippen LogP contribution in [0, 0.1) is 13.8 Å². The van der Waals surface area contributed by atoms with Crippen molar-refractivity contribution >= 4 is 5.97 Å². The van der Waals surface area contributed by atoms with Gasteiger partial charge in [-0.2, -0.15) is 4.98 Å². The van der Waals surface area contributed by atoms with Crippen molar-refractivity contribution in [2.24, 2.45) is 7.05 Å². The van der Waals surface area contributed by atoms with Crippen molar-refractivity contribution in [2.75, 3.05) is 0 Å². The number of carboxylic acid groups (broad SMARTS) is 1. The molecule has 0 saturated heterocycles. The zero-order chi connectivity index (χ0) is 15.6. The topological polar surface area (TPSA) is 103 Å². The Balaban J connectivity index is 2.32. The minimum Gasteiger partial charge on any atom is -0.481 e. The quantitative estimate of drug-likeness (QED) is 0.822. The van der Waals surface area contributed by atoms with E-state index in [2.05, 4.69) is 15.2 Å². The second-order valence-electron chi connectivity index (χ2n) is 4.87. The molecule has 0 amide bonds. The summed E-state index contributed by atoms with van der Waals surface area (Å²) in [5.74, 6) is -0.192. The third-order valence-electron chi connectivity index (χ3n) is 3.46. The van der Waals surface area contributed by atoms with Crippen LogP contribution in [0.1, 0.15) is 22.8 Å². The van der Waals surface area contributed by atoms with E-state index >= 15 is 0 Å². The molecule has 0 radical (unpaired) electrons. The summed E-state index contributed by atoms with van der Waals surface area (Å²) in [6.45, 7) is 3.78. The van der Waals surface area contributed by atoms with Crippen molar-refractivity contribution in [3.05, 3.63) is 39.6 Å². The summed E-state index contributed by atoms with van der Waals surface area (Å²) in [5, 5.41) is 16.7. The summed E-state index contributed by atoms with van der Waals surface area (Å²) in [5.41, 5.74) is 1.31. The van der Waals surface area contributed by atoms with Crippen LogP contribution in [0.3, 0.4) is 0 Å². The first-order valence-electron chi connectivity index (χ1n) is 6.51. The SMILES string of the molecule is Cc1nc(=O)n(CCc2nncn2C)c(C)c1CC(=O)O. The molecule has 0 spiro atoms. The Morgan fingerprint density at radius 2 is 2.10 bits per heavy atom. The van der Waals surface area contributed by atoms with Crippen LogP contribution in [0.15, 0.2) is 11.1 Å². The summed E-state index contributed by atoms with van der Waals surface area (Å²) in [4.78, 5) is 26.8. The first-order valence-corrected chi connectivity index (χ1v) is 6.51. The molecule has 21 heavy (non-hydrogen) atoms. The summed E-state index contributed by atoms with van der Waals surface area (Å²) < 4.78 is 3.26. The van der Waals surface area contributed by atoms with Gasteiger partial charge in [-0.1, -0.05) is 0 Å². The van der Waals surface area contributed by atoms with Gasteiger partial charge in [0.15, 0.2) is 0 Å². The normalized spacial score (nSPS) is 10.8. The predicted molar refractivity (Wildman–Crippen MR) is 74.0 cm³/mol. The van der Waals surface area contributed by atoms with E-state index in [0.717, 1.165) is 5.82 Å². The number of rotatable bonds is 5. The van der Waals surface area contributed by atoms with E-state index in [4.69, 9.17) is 5.11 Å². The largest absolute Gasteiger partial charge is 0.481 e. The first kappa shape index (κ1) is 14.9. The molecule has 0 aliphatic heterocycles. The average Bonchev–Trinajstić information content (AvgIpc) is 2.80. The fraction of sp³-hybridized carbons (Fsp3) is 0.462. The Labute approximate surface area is 121 Å². The van der Waals surface area contributed by atoms with Crippen LogP contribution in [0.25, 0.3) is 0 Å². The number of carbonyl (C=O) groups is 1. The zero-order valence-electron chi connectivity index (χ0n) is 12.2. The molecule has 8 nitrogen and oxygen atoms in total. The van der Waals surface area contributed by atoms with Gasteiger partial charge in [-0.25, -0.2) is 4.79 Å². The fourth-order valence-electron chi connectivity index (χ4n) is 2.26. The second-order valence-corrected chi connectivity index (χ2v) is 4.87. The summed E-state index contributed by atoms with van der Waals surface area (Å²) in [7, 11) is 1.83. The molecule has 1 N–H and O–H groups in total. The third-order valence-corrected chi connectivity index (χ3v) is 3.46. The zero-order valence-corrected chi connectivity index (χ0v) is 12.2. The molecule has 0 fully saturated rings. The lowest BCUT2D eigenvalue weighted by Crippen LogP contribution is -2.29. The minimum absolute atomic E-state index is 0.144. The van der Waals surface area contributed by atoms with Crippen LogP contribution in [0.5, 0.6) is 0 Å². The molecule has 0 unspecified atom stereocenters. The van der Waals surface area contributed by atoms with Gasteiger partial charge in [0.2, 0.25) is 0 Å². The standard InChI is InChI=1S/C13H17N5O3/c1-8-10(6-12(19)20)9(2)18(13(21)15-8)5-4-11-16-14-7-17(11)3/h7H,4-6H2,1-3H3,(H,19,20). The molecule has 0 saturated carbocycles. The maximum absolute atomic E-state index is 12.0. The van der Waals surface area contributed by atoms with Crippen molar-refractivity contribution in [3.8, 4) is 0 Å². The summed E-state index contributed by atoms with van der Waals surface area (Å²) >= 11 is 0. The molecule has 0 bridgehead atoms. The fourth-order valence-corrected chi connectivity index (χ4v) is 2.26. The van der Waals surface area contributed by atoms with Gasteiger partial charge in [-0.15, -0.1) is 10.2 Å². The van der Waals surface area contributed by atoms with E-state index in [-0.39, 0.29) is 12.1 Å². The molecule has 2 aromatic heterocycles.